The Bertz CT molecular complexity index is 830. The lowest BCUT2D eigenvalue weighted by atomic mass is 10.1. The van der Waals surface area contributed by atoms with Gasteiger partial charge in [-0.3, -0.25) is 0 Å². The van der Waals surface area contributed by atoms with Crippen molar-refractivity contribution in [1.82, 2.24) is 9.97 Å². The Hall–Kier alpha value is -2.93. The fraction of sp³-hybridized carbons (Fsp3) is 0.118. The van der Waals surface area contributed by atoms with Crippen LogP contribution in [0.5, 0.6) is 0 Å². The first kappa shape index (κ1) is 13.1. The van der Waals surface area contributed by atoms with E-state index in [1.165, 1.54) is 0 Å². The largest absolute Gasteiger partial charge is 0.362 e. The molecular formula is C17H14N4. The van der Waals surface area contributed by atoms with Gasteiger partial charge in [-0.2, -0.15) is 5.26 Å². The lowest BCUT2D eigenvalue weighted by Crippen LogP contribution is -2.12. The molecule has 1 heterocycles. The highest BCUT2D eigenvalue weighted by Crippen LogP contribution is 2.26. The summed E-state index contributed by atoms with van der Waals surface area (Å²) in [6, 6.07) is 17.4. The Balaban J connectivity index is 2.21. The molecule has 21 heavy (non-hydrogen) atoms. The zero-order chi connectivity index (χ0) is 14.8. The van der Waals surface area contributed by atoms with Gasteiger partial charge in [-0.25, -0.2) is 9.97 Å². The minimum atomic E-state index is 0.632. The highest BCUT2D eigenvalue weighted by molar-refractivity contribution is 5.90. The number of benzene rings is 2. The van der Waals surface area contributed by atoms with Gasteiger partial charge in [0, 0.05) is 25.0 Å². The van der Waals surface area contributed by atoms with E-state index in [0.29, 0.717) is 11.4 Å². The fourth-order valence-electron chi connectivity index (χ4n) is 2.22. The van der Waals surface area contributed by atoms with Gasteiger partial charge < -0.3 is 4.90 Å². The predicted molar refractivity (Wildman–Crippen MR) is 84.0 cm³/mol. The van der Waals surface area contributed by atoms with Gasteiger partial charge in [0.1, 0.15) is 5.82 Å². The molecule has 2 aromatic carbocycles. The van der Waals surface area contributed by atoms with Gasteiger partial charge in [-0.15, -0.1) is 0 Å². The van der Waals surface area contributed by atoms with Crippen molar-refractivity contribution in [3.63, 3.8) is 0 Å². The van der Waals surface area contributed by atoms with E-state index in [9.17, 15) is 0 Å². The Labute approximate surface area is 123 Å². The van der Waals surface area contributed by atoms with Crippen LogP contribution in [0.2, 0.25) is 0 Å². The quantitative estimate of drug-likeness (QED) is 0.720. The first-order valence-electron chi connectivity index (χ1n) is 6.63. The lowest BCUT2D eigenvalue weighted by molar-refractivity contribution is 1.07. The Morgan fingerprint density at radius 1 is 0.952 bits per heavy atom. The maximum Gasteiger partial charge on any atom is 0.162 e. The molecule has 3 aromatic rings. The maximum absolute atomic E-state index is 8.87. The van der Waals surface area contributed by atoms with Crippen LogP contribution in [-0.4, -0.2) is 24.1 Å². The van der Waals surface area contributed by atoms with Crippen molar-refractivity contribution in [3.05, 3.63) is 54.1 Å². The van der Waals surface area contributed by atoms with Crippen molar-refractivity contribution in [3.8, 4) is 17.5 Å². The van der Waals surface area contributed by atoms with Gasteiger partial charge >= 0.3 is 0 Å². The molecule has 0 bridgehead atoms. The van der Waals surface area contributed by atoms with Crippen molar-refractivity contribution in [1.29, 1.82) is 5.26 Å². The molecule has 0 saturated carbocycles. The number of para-hydroxylation sites is 1. The second kappa shape index (κ2) is 5.22. The average molecular weight is 274 g/mol. The number of nitrogens with zero attached hydrogens (tertiary/aromatic N) is 4. The third-order valence-electron chi connectivity index (χ3n) is 3.28. The summed E-state index contributed by atoms with van der Waals surface area (Å²) in [6.07, 6.45) is 0. The van der Waals surface area contributed by atoms with E-state index < -0.39 is 0 Å². The third kappa shape index (κ3) is 2.41. The molecule has 0 amide bonds. The van der Waals surface area contributed by atoms with E-state index in [2.05, 4.69) is 16.0 Å². The van der Waals surface area contributed by atoms with Gasteiger partial charge in [0.05, 0.1) is 17.1 Å². The summed E-state index contributed by atoms with van der Waals surface area (Å²) in [5.74, 6) is 1.56. The first-order valence-corrected chi connectivity index (χ1v) is 6.63. The monoisotopic (exact) mass is 274 g/mol. The Kier molecular flexibility index (Phi) is 3.25. The van der Waals surface area contributed by atoms with Crippen molar-refractivity contribution < 1.29 is 0 Å². The molecular weight excluding hydrogens is 260 g/mol. The number of rotatable bonds is 2. The summed E-state index contributed by atoms with van der Waals surface area (Å²) < 4.78 is 0. The molecule has 0 aliphatic carbocycles. The van der Waals surface area contributed by atoms with E-state index in [4.69, 9.17) is 5.26 Å². The van der Waals surface area contributed by atoms with Gasteiger partial charge in [-0.1, -0.05) is 12.1 Å². The summed E-state index contributed by atoms with van der Waals surface area (Å²) in [5, 5.41) is 9.90. The van der Waals surface area contributed by atoms with E-state index in [-0.39, 0.29) is 0 Å². The minimum absolute atomic E-state index is 0.632. The summed E-state index contributed by atoms with van der Waals surface area (Å²) >= 11 is 0. The van der Waals surface area contributed by atoms with E-state index >= 15 is 0 Å². The van der Waals surface area contributed by atoms with Crippen LogP contribution in [0.1, 0.15) is 5.56 Å². The first-order chi connectivity index (χ1) is 10.2. The smallest absolute Gasteiger partial charge is 0.162 e. The van der Waals surface area contributed by atoms with Crippen molar-refractivity contribution in [2.24, 2.45) is 0 Å². The topological polar surface area (TPSA) is 52.8 Å². The molecule has 1 aromatic heterocycles. The second-order valence-corrected chi connectivity index (χ2v) is 4.97. The molecule has 4 heteroatoms. The summed E-state index contributed by atoms with van der Waals surface area (Å²) in [4.78, 5) is 11.3. The van der Waals surface area contributed by atoms with Crippen LogP contribution >= 0.6 is 0 Å². The zero-order valence-electron chi connectivity index (χ0n) is 11.9. The highest BCUT2D eigenvalue weighted by Gasteiger charge is 2.10. The Morgan fingerprint density at radius 2 is 1.67 bits per heavy atom. The second-order valence-electron chi connectivity index (χ2n) is 4.97. The van der Waals surface area contributed by atoms with Gasteiger partial charge in [0.25, 0.3) is 0 Å². The number of hydrogen-bond donors (Lipinski definition) is 0. The minimum Gasteiger partial charge on any atom is -0.362 e. The fourth-order valence-corrected chi connectivity index (χ4v) is 2.22. The van der Waals surface area contributed by atoms with Crippen LogP contribution in [0.15, 0.2) is 48.5 Å². The summed E-state index contributed by atoms with van der Waals surface area (Å²) in [6.45, 7) is 0. The normalized spacial score (nSPS) is 10.3. The molecule has 4 nitrogen and oxygen atoms in total. The number of fused-ring (bicyclic) bond motifs is 1. The predicted octanol–water partition coefficient (Wildman–Crippen LogP) is 3.23. The molecule has 0 spiro atoms. The van der Waals surface area contributed by atoms with Gasteiger partial charge in [0.2, 0.25) is 0 Å². The molecule has 0 saturated heterocycles. The Morgan fingerprint density at radius 3 is 2.33 bits per heavy atom. The van der Waals surface area contributed by atoms with Crippen LogP contribution in [0, 0.1) is 11.3 Å². The highest BCUT2D eigenvalue weighted by atomic mass is 15.2. The van der Waals surface area contributed by atoms with Crippen LogP contribution in [0.25, 0.3) is 22.3 Å². The van der Waals surface area contributed by atoms with E-state index in [1.54, 1.807) is 12.1 Å². The lowest BCUT2D eigenvalue weighted by Gasteiger charge is -2.15. The standard InChI is InChI=1S/C17H14N4/c1-21(2)17-14-5-3-4-6-15(14)19-16(20-17)13-9-7-12(11-18)8-10-13/h3-10H,1-2H3. The van der Waals surface area contributed by atoms with Gasteiger partial charge in [-0.05, 0) is 36.4 Å². The van der Waals surface area contributed by atoms with Crippen LogP contribution in [0.3, 0.4) is 0 Å². The average Bonchev–Trinajstić information content (AvgIpc) is 2.53. The van der Waals surface area contributed by atoms with Crippen molar-refractivity contribution in [2.75, 3.05) is 19.0 Å². The van der Waals surface area contributed by atoms with Crippen LogP contribution < -0.4 is 4.90 Å². The van der Waals surface area contributed by atoms with Gasteiger partial charge in [0.15, 0.2) is 5.82 Å². The molecule has 0 aliphatic heterocycles. The van der Waals surface area contributed by atoms with E-state index in [1.807, 2.05) is 55.4 Å². The van der Waals surface area contributed by atoms with Crippen LogP contribution in [0.4, 0.5) is 5.82 Å². The molecule has 102 valence electrons. The SMILES string of the molecule is CN(C)c1nc(-c2ccc(C#N)cc2)nc2ccccc12. The number of aromatic nitrogens is 2. The molecule has 0 fully saturated rings. The molecule has 0 unspecified atom stereocenters. The molecule has 0 atom stereocenters. The zero-order valence-corrected chi connectivity index (χ0v) is 11.9. The summed E-state index contributed by atoms with van der Waals surface area (Å²) in [5.41, 5.74) is 2.45. The maximum atomic E-state index is 8.87. The molecule has 3 rings (SSSR count). The number of hydrogen-bond acceptors (Lipinski definition) is 4. The number of anilines is 1. The number of nitriles is 1. The summed E-state index contributed by atoms with van der Waals surface area (Å²) in [7, 11) is 3.94. The van der Waals surface area contributed by atoms with Crippen molar-refractivity contribution in [2.45, 2.75) is 0 Å². The molecule has 0 radical (unpaired) electrons. The third-order valence-corrected chi connectivity index (χ3v) is 3.28. The van der Waals surface area contributed by atoms with Crippen LogP contribution in [-0.2, 0) is 0 Å². The molecule has 0 N–H and O–H groups in total. The van der Waals surface area contributed by atoms with Crippen molar-refractivity contribution >= 4 is 16.7 Å². The molecule has 0 aliphatic rings. The van der Waals surface area contributed by atoms with E-state index in [0.717, 1.165) is 22.3 Å².